The van der Waals surface area contributed by atoms with Crippen molar-refractivity contribution in [3.63, 3.8) is 0 Å². The number of rotatable bonds is 8. The number of Topliss-reactive ketones (excluding diaryl/α,β-unsaturated/α-hetero) is 1. The van der Waals surface area contributed by atoms with Gasteiger partial charge in [-0.2, -0.15) is 0 Å². The SMILES string of the molecule is NCCCCCCC(=O)Cc1ccc(I)cc1. The minimum Gasteiger partial charge on any atom is -0.330 e. The monoisotopic (exact) mass is 345 g/mol. The predicted molar refractivity (Wildman–Crippen MR) is 80.0 cm³/mol. The topological polar surface area (TPSA) is 43.1 Å². The van der Waals surface area contributed by atoms with Gasteiger partial charge >= 0.3 is 0 Å². The summed E-state index contributed by atoms with van der Waals surface area (Å²) in [6.07, 6.45) is 5.63. The lowest BCUT2D eigenvalue weighted by atomic mass is 10.0. The number of halogens is 1. The Labute approximate surface area is 117 Å². The first kappa shape index (κ1) is 14.6. The first-order chi connectivity index (χ1) is 8.22. The van der Waals surface area contributed by atoms with Gasteiger partial charge in [-0.05, 0) is 59.7 Å². The van der Waals surface area contributed by atoms with Crippen LogP contribution in [-0.4, -0.2) is 12.3 Å². The van der Waals surface area contributed by atoms with Crippen LogP contribution in [0.1, 0.15) is 37.7 Å². The second kappa shape index (κ2) is 8.64. The smallest absolute Gasteiger partial charge is 0.137 e. The summed E-state index contributed by atoms with van der Waals surface area (Å²) in [7, 11) is 0. The van der Waals surface area contributed by atoms with Gasteiger partial charge < -0.3 is 5.73 Å². The zero-order valence-electron chi connectivity index (χ0n) is 10.1. The molecule has 17 heavy (non-hydrogen) atoms. The normalized spacial score (nSPS) is 10.5. The molecule has 2 nitrogen and oxygen atoms in total. The van der Waals surface area contributed by atoms with Gasteiger partial charge in [-0.3, -0.25) is 4.79 Å². The summed E-state index contributed by atoms with van der Waals surface area (Å²) in [5.41, 5.74) is 6.54. The molecule has 94 valence electrons. The van der Waals surface area contributed by atoms with Gasteiger partial charge in [0.2, 0.25) is 0 Å². The molecular weight excluding hydrogens is 325 g/mol. The van der Waals surface area contributed by atoms with Gasteiger partial charge in [-0.25, -0.2) is 0 Å². The highest BCUT2D eigenvalue weighted by molar-refractivity contribution is 14.1. The molecular formula is C14H20INO. The van der Waals surface area contributed by atoms with Crippen LogP contribution in [0.4, 0.5) is 0 Å². The van der Waals surface area contributed by atoms with Gasteiger partial charge in [0.1, 0.15) is 5.78 Å². The van der Waals surface area contributed by atoms with Crippen LogP contribution in [0.3, 0.4) is 0 Å². The third kappa shape index (κ3) is 6.78. The number of hydrogen-bond donors (Lipinski definition) is 1. The van der Waals surface area contributed by atoms with Gasteiger partial charge in [0.25, 0.3) is 0 Å². The third-order valence-electron chi connectivity index (χ3n) is 2.72. The van der Waals surface area contributed by atoms with E-state index in [1.807, 2.05) is 24.3 Å². The molecule has 0 aliphatic carbocycles. The summed E-state index contributed by atoms with van der Waals surface area (Å²) in [6, 6.07) is 8.16. The first-order valence-corrected chi connectivity index (χ1v) is 7.26. The summed E-state index contributed by atoms with van der Waals surface area (Å²) in [5.74, 6) is 0.346. The summed E-state index contributed by atoms with van der Waals surface area (Å²) in [6.45, 7) is 0.761. The van der Waals surface area contributed by atoms with Gasteiger partial charge in [-0.15, -0.1) is 0 Å². The molecule has 0 aromatic heterocycles. The molecule has 0 atom stereocenters. The Morgan fingerprint density at radius 1 is 1.06 bits per heavy atom. The number of carbonyl (C=O) groups excluding carboxylic acids is 1. The van der Waals surface area contributed by atoms with E-state index in [1.54, 1.807) is 0 Å². The zero-order valence-corrected chi connectivity index (χ0v) is 12.3. The average molecular weight is 345 g/mol. The van der Waals surface area contributed by atoms with Crippen LogP contribution in [-0.2, 0) is 11.2 Å². The molecule has 0 saturated heterocycles. The first-order valence-electron chi connectivity index (χ1n) is 6.18. The summed E-state index contributed by atoms with van der Waals surface area (Å²) in [4.78, 5) is 11.7. The van der Waals surface area contributed by atoms with Crippen molar-refractivity contribution in [3.05, 3.63) is 33.4 Å². The van der Waals surface area contributed by atoms with Gasteiger partial charge in [0.05, 0.1) is 0 Å². The fraction of sp³-hybridized carbons (Fsp3) is 0.500. The van der Waals surface area contributed by atoms with E-state index in [1.165, 1.54) is 3.57 Å². The molecule has 0 aliphatic heterocycles. The molecule has 0 aliphatic rings. The minimum absolute atomic E-state index is 0.346. The Balaban J connectivity index is 2.18. The lowest BCUT2D eigenvalue weighted by Gasteiger charge is -2.02. The number of nitrogens with two attached hydrogens (primary N) is 1. The molecule has 2 N–H and O–H groups in total. The van der Waals surface area contributed by atoms with E-state index < -0.39 is 0 Å². The molecule has 1 aromatic carbocycles. The van der Waals surface area contributed by atoms with Crippen molar-refractivity contribution in [2.24, 2.45) is 5.73 Å². The quantitative estimate of drug-likeness (QED) is 0.580. The molecule has 0 radical (unpaired) electrons. The van der Waals surface area contributed by atoms with E-state index in [-0.39, 0.29) is 0 Å². The van der Waals surface area contributed by atoms with Crippen molar-refractivity contribution in [1.29, 1.82) is 0 Å². The van der Waals surface area contributed by atoms with Gasteiger partial charge in [0, 0.05) is 16.4 Å². The van der Waals surface area contributed by atoms with E-state index in [2.05, 4.69) is 22.6 Å². The van der Waals surface area contributed by atoms with Crippen molar-refractivity contribution < 1.29 is 4.79 Å². The minimum atomic E-state index is 0.346. The highest BCUT2D eigenvalue weighted by Crippen LogP contribution is 2.10. The Bertz CT molecular complexity index is 335. The van der Waals surface area contributed by atoms with Crippen LogP contribution in [0.5, 0.6) is 0 Å². The lowest BCUT2D eigenvalue weighted by Crippen LogP contribution is -2.03. The largest absolute Gasteiger partial charge is 0.330 e. The maximum atomic E-state index is 11.7. The summed E-state index contributed by atoms with van der Waals surface area (Å²) >= 11 is 2.27. The van der Waals surface area contributed by atoms with Crippen LogP contribution < -0.4 is 5.73 Å². The van der Waals surface area contributed by atoms with Crippen molar-refractivity contribution in [2.45, 2.75) is 38.5 Å². The molecule has 0 saturated carbocycles. The summed E-state index contributed by atoms with van der Waals surface area (Å²) < 4.78 is 1.21. The average Bonchev–Trinajstić information content (AvgIpc) is 2.32. The second-order valence-corrected chi connectivity index (χ2v) is 5.54. The highest BCUT2D eigenvalue weighted by Gasteiger charge is 2.03. The van der Waals surface area contributed by atoms with Crippen LogP contribution in [0.15, 0.2) is 24.3 Å². The Kier molecular flexibility index (Phi) is 7.44. The van der Waals surface area contributed by atoms with Crippen molar-refractivity contribution in [1.82, 2.24) is 0 Å². The second-order valence-electron chi connectivity index (χ2n) is 4.29. The number of benzene rings is 1. The fourth-order valence-corrected chi connectivity index (χ4v) is 2.10. The number of hydrogen-bond acceptors (Lipinski definition) is 2. The van der Waals surface area contributed by atoms with E-state index in [0.717, 1.165) is 37.8 Å². The van der Waals surface area contributed by atoms with Crippen molar-refractivity contribution >= 4 is 28.4 Å². The van der Waals surface area contributed by atoms with E-state index in [0.29, 0.717) is 18.6 Å². The van der Waals surface area contributed by atoms with Crippen LogP contribution in [0.25, 0.3) is 0 Å². The molecule has 1 rings (SSSR count). The Morgan fingerprint density at radius 2 is 1.71 bits per heavy atom. The molecule has 0 fully saturated rings. The zero-order chi connectivity index (χ0) is 12.5. The molecule has 1 aromatic rings. The maximum Gasteiger partial charge on any atom is 0.137 e. The number of carbonyl (C=O) groups is 1. The molecule has 0 heterocycles. The van der Waals surface area contributed by atoms with Crippen LogP contribution in [0.2, 0.25) is 0 Å². The lowest BCUT2D eigenvalue weighted by molar-refractivity contribution is -0.118. The number of unbranched alkanes of at least 4 members (excludes halogenated alkanes) is 3. The highest BCUT2D eigenvalue weighted by atomic mass is 127. The fourth-order valence-electron chi connectivity index (χ4n) is 1.74. The van der Waals surface area contributed by atoms with E-state index >= 15 is 0 Å². The van der Waals surface area contributed by atoms with E-state index in [9.17, 15) is 4.79 Å². The Morgan fingerprint density at radius 3 is 2.35 bits per heavy atom. The molecule has 0 bridgehead atoms. The molecule has 0 unspecified atom stereocenters. The summed E-state index contributed by atoms with van der Waals surface area (Å²) in [5, 5.41) is 0. The maximum absolute atomic E-state index is 11.7. The number of ketones is 1. The predicted octanol–water partition coefficient (Wildman–Crippen LogP) is 3.31. The van der Waals surface area contributed by atoms with E-state index in [4.69, 9.17) is 5.73 Å². The van der Waals surface area contributed by atoms with Crippen molar-refractivity contribution in [2.75, 3.05) is 6.54 Å². The molecule has 3 heteroatoms. The third-order valence-corrected chi connectivity index (χ3v) is 3.44. The molecule has 0 amide bonds. The Hall–Kier alpha value is -0.420. The van der Waals surface area contributed by atoms with Gasteiger partial charge in [0.15, 0.2) is 0 Å². The standard InChI is InChI=1S/C14H20INO/c15-13-8-6-12(7-9-13)11-14(17)5-3-1-2-4-10-16/h6-9H,1-5,10-11,16H2. The van der Waals surface area contributed by atoms with Crippen molar-refractivity contribution in [3.8, 4) is 0 Å². The van der Waals surface area contributed by atoms with Crippen LogP contribution in [0, 0.1) is 3.57 Å². The molecule has 0 spiro atoms. The van der Waals surface area contributed by atoms with Gasteiger partial charge in [-0.1, -0.05) is 25.0 Å². The van der Waals surface area contributed by atoms with Crippen LogP contribution >= 0.6 is 22.6 Å².